The van der Waals surface area contributed by atoms with Crippen molar-refractivity contribution in [1.29, 1.82) is 0 Å². The molecule has 0 saturated carbocycles. The average Bonchev–Trinajstić information content (AvgIpc) is 2.12. The third-order valence-corrected chi connectivity index (χ3v) is 2.71. The zero-order chi connectivity index (χ0) is 13.9. The SMILES string of the molecule is CC(CC(=O)O)NC(=O)N1CC(C)OC(C)(C)C1. The molecule has 0 spiro atoms. The second kappa shape index (κ2) is 5.56. The first-order chi connectivity index (χ1) is 8.19. The summed E-state index contributed by atoms with van der Waals surface area (Å²) in [6.45, 7) is 8.49. The van der Waals surface area contributed by atoms with E-state index in [1.807, 2.05) is 20.8 Å². The number of carbonyl (C=O) groups excluding carboxylic acids is 1. The smallest absolute Gasteiger partial charge is 0.317 e. The van der Waals surface area contributed by atoms with Crippen LogP contribution in [-0.2, 0) is 9.53 Å². The summed E-state index contributed by atoms with van der Waals surface area (Å²) < 4.78 is 5.71. The molecule has 0 aromatic carbocycles. The normalized spacial score (nSPS) is 24.4. The van der Waals surface area contributed by atoms with E-state index in [0.717, 1.165) is 0 Å². The van der Waals surface area contributed by atoms with Crippen molar-refractivity contribution in [2.75, 3.05) is 13.1 Å². The molecule has 0 aromatic heterocycles. The molecule has 2 amide bonds. The molecule has 1 heterocycles. The summed E-state index contributed by atoms with van der Waals surface area (Å²) in [4.78, 5) is 24.2. The molecule has 0 radical (unpaired) electrons. The molecular weight excluding hydrogens is 236 g/mol. The van der Waals surface area contributed by atoms with Crippen LogP contribution in [0.1, 0.15) is 34.1 Å². The second-order valence-electron chi connectivity index (χ2n) is 5.52. The van der Waals surface area contributed by atoms with E-state index in [-0.39, 0.29) is 30.2 Å². The first-order valence-corrected chi connectivity index (χ1v) is 6.14. The number of hydrogen-bond donors (Lipinski definition) is 2. The molecule has 0 aromatic rings. The van der Waals surface area contributed by atoms with Crippen LogP contribution in [-0.4, -0.2) is 52.8 Å². The fourth-order valence-corrected chi connectivity index (χ4v) is 2.22. The van der Waals surface area contributed by atoms with Crippen molar-refractivity contribution in [2.24, 2.45) is 0 Å². The summed E-state index contributed by atoms with van der Waals surface area (Å²) in [6, 6.07) is -0.608. The maximum absolute atomic E-state index is 12.0. The maximum atomic E-state index is 12.0. The topological polar surface area (TPSA) is 78.9 Å². The Hall–Kier alpha value is -1.30. The third-order valence-electron chi connectivity index (χ3n) is 2.71. The van der Waals surface area contributed by atoms with Crippen molar-refractivity contribution < 1.29 is 19.4 Å². The van der Waals surface area contributed by atoms with Crippen LogP contribution in [0.15, 0.2) is 0 Å². The van der Waals surface area contributed by atoms with Gasteiger partial charge in [0.25, 0.3) is 0 Å². The van der Waals surface area contributed by atoms with Crippen LogP contribution in [0.4, 0.5) is 4.79 Å². The molecule has 18 heavy (non-hydrogen) atoms. The summed E-state index contributed by atoms with van der Waals surface area (Å²) in [5.74, 6) is -0.918. The number of carboxylic acids is 1. The van der Waals surface area contributed by atoms with Crippen LogP contribution in [0.25, 0.3) is 0 Å². The van der Waals surface area contributed by atoms with Gasteiger partial charge in [-0.25, -0.2) is 4.79 Å². The van der Waals surface area contributed by atoms with E-state index in [4.69, 9.17) is 9.84 Å². The van der Waals surface area contributed by atoms with Crippen LogP contribution >= 0.6 is 0 Å². The van der Waals surface area contributed by atoms with Gasteiger partial charge in [0.05, 0.1) is 24.7 Å². The average molecular weight is 258 g/mol. The second-order valence-corrected chi connectivity index (χ2v) is 5.52. The number of rotatable bonds is 3. The van der Waals surface area contributed by atoms with Crippen molar-refractivity contribution in [3.8, 4) is 0 Å². The minimum Gasteiger partial charge on any atom is -0.481 e. The van der Waals surface area contributed by atoms with Gasteiger partial charge in [0.15, 0.2) is 0 Å². The highest BCUT2D eigenvalue weighted by molar-refractivity contribution is 5.76. The zero-order valence-electron chi connectivity index (χ0n) is 11.4. The largest absolute Gasteiger partial charge is 0.481 e. The monoisotopic (exact) mass is 258 g/mol. The highest BCUT2D eigenvalue weighted by atomic mass is 16.5. The number of morpholine rings is 1. The molecule has 2 N–H and O–H groups in total. The number of urea groups is 1. The number of hydrogen-bond acceptors (Lipinski definition) is 3. The van der Waals surface area contributed by atoms with Crippen LogP contribution < -0.4 is 5.32 Å². The van der Waals surface area contributed by atoms with Crippen molar-refractivity contribution >= 4 is 12.0 Å². The summed E-state index contributed by atoms with van der Waals surface area (Å²) in [5.41, 5.74) is -0.370. The van der Waals surface area contributed by atoms with E-state index < -0.39 is 5.97 Å². The lowest BCUT2D eigenvalue weighted by molar-refractivity contribution is -0.137. The summed E-state index contributed by atoms with van der Waals surface area (Å²) in [5, 5.41) is 11.3. The molecule has 1 rings (SSSR count). The van der Waals surface area contributed by atoms with E-state index >= 15 is 0 Å². The van der Waals surface area contributed by atoms with Gasteiger partial charge in [0.1, 0.15) is 0 Å². The fraction of sp³-hybridized carbons (Fsp3) is 0.833. The zero-order valence-corrected chi connectivity index (χ0v) is 11.4. The minimum absolute atomic E-state index is 0.0192. The molecule has 1 aliphatic rings. The van der Waals surface area contributed by atoms with Gasteiger partial charge in [-0.1, -0.05) is 0 Å². The van der Waals surface area contributed by atoms with Gasteiger partial charge in [0.2, 0.25) is 0 Å². The fourth-order valence-electron chi connectivity index (χ4n) is 2.22. The van der Waals surface area contributed by atoms with Gasteiger partial charge in [-0.05, 0) is 27.7 Å². The van der Waals surface area contributed by atoms with E-state index in [2.05, 4.69) is 5.32 Å². The Morgan fingerprint density at radius 1 is 1.56 bits per heavy atom. The van der Waals surface area contributed by atoms with E-state index in [0.29, 0.717) is 13.1 Å². The van der Waals surface area contributed by atoms with E-state index in [9.17, 15) is 9.59 Å². The first-order valence-electron chi connectivity index (χ1n) is 6.14. The van der Waals surface area contributed by atoms with Gasteiger partial charge in [-0.2, -0.15) is 0 Å². The molecule has 104 valence electrons. The predicted octanol–water partition coefficient (Wildman–Crippen LogP) is 1.06. The van der Waals surface area contributed by atoms with Crippen molar-refractivity contribution in [3.63, 3.8) is 0 Å². The number of carboxylic acid groups (broad SMARTS) is 1. The number of aliphatic carboxylic acids is 1. The first kappa shape index (κ1) is 14.8. The lowest BCUT2D eigenvalue weighted by Gasteiger charge is -2.41. The molecule has 0 aliphatic carbocycles. The molecular formula is C12H22N2O4. The Kier molecular flexibility index (Phi) is 4.56. The Bertz CT molecular complexity index is 330. The molecule has 6 heteroatoms. The molecule has 1 saturated heterocycles. The van der Waals surface area contributed by atoms with Crippen molar-refractivity contribution in [3.05, 3.63) is 0 Å². The quantitative estimate of drug-likeness (QED) is 0.793. The Morgan fingerprint density at radius 2 is 2.17 bits per heavy atom. The standard InChI is InChI=1S/C12H22N2O4/c1-8(5-10(15)16)13-11(17)14-6-9(2)18-12(3,4)7-14/h8-9H,5-7H2,1-4H3,(H,13,17)(H,15,16). The lowest BCUT2D eigenvalue weighted by Crippen LogP contribution is -2.57. The van der Waals surface area contributed by atoms with Crippen molar-refractivity contribution in [2.45, 2.75) is 51.9 Å². The van der Waals surface area contributed by atoms with Crippen LogP contribution in [0.2, 0.25) is 0 Å². The van der Waals surface area contributed by atoms with Gasteiger partial charge in [-0.15, -0.1) is 0 Å². The van der Waals surface area contributed by atoms with Gasteiger partial charge >= 0.3 is 12.0 Å². The minimum atomic E-state index is -0.918. The summed E-state index contributed by atoms with van der Waals surface area (Å²) >= 11 is 0. The molecule has 1 fully saturated rings. The number of nitrogens with zero attached hydrogens (tertiary/aromatic N) is 1. The Morgan fingerprint density at radius 3 is 2.67 bits per heavy atom. The van der Waals surface area contributed by atoms with Crippen LogP contribution in [0.3, 0.4) is 0 Å². The molecule has 2 unspecified atom stereocenters. The highest BCUT2D eigenvalue weighted by Crippen LogP contribution is 2.20. The molecule has 6 nitrogen and oxygen atoms in total. The molecule has 2 atom stereocenters. The molecule has 1 aliphatic heterocycles. The summed E-state index contributed by atoms with van der Waals surface area (Å²) in [6.07, 6.45) is -0.0936. The number of amides is 2. The summed E-state index contributed by atoms with van der Waals surface area (Å²) in [7, 11) is 0. The van der Waals surface area contributed by atoms with Gasteiger partial charge < -0.3 is 20.1 Å². The van der Waals surface area contributed by atoms with Gasteiger partial charge in [0, 0.05) is 12.6 Å². The van der Waals surface area contributed by atoms with Crippen LogP contribution in [0, 0.1) is 0 Å². The predicted molar refractivity (Wildman–Crippen MR) is 66.4 cm³/mol. The lowest BCUT2D eigenvalue weighted by atomic mass is 10.1. The van der Waals surface area contributed by atoms with E-state index in [1.165, 1.54) is 0 Å². The van der Waals surface area contributed by atoms with Crippen molar-refractivity contribution in [1.82, 2.24) is 10.2 Å². The Balaban J connectivity index is 2.53. The number of carbonyl (C=O) groups is 2. The number of nitrogens with one attached hydrogen (secondary N) is 1. The highest BCUT2D eigenvalue weighted by Gasteiger charge is 2.34. The van der Waals surface area contributed by atoms with Crippen LogP contribution in [0.5, 0.6) is 0 Å². The third kappa shape index (κ3) is 4.52. The number of ether oxygens (including phenoxy) is 1. The van der Waals surface area contributed by atoms with Gasteiger partial charge in [-0.3, -0.25) is 4.79 Å². The van der Waals surface area contributed by atoms with E-state index in [1.54, 1.807) is 11.8 Å². The Labute approximate surface area is 107 Å². The maximum Gasteiger partial charge on any atom is 0.317 e. The molecule has 0 bridgehead atoms.